The Balaban J connectivity index is 1.82. The van der Waals surface area contributed by atoms with Crippen LogP contribution in [0, 0.1) is 0 Å². The molecule has 22 heavy (non-hydrogen) atoms. The number of morpholine rings is 1. The van der Waals surface area contributed by atoms with E-state index < -0.39 is 0 Å². The minimum atomic E-state index is -0.360. The van der Waals surface area contributed by atoms with E-state index in [0.717, 1.165) is 0 Å². The second-order valence-electron chi connectivity index (χ2n) is 5.62. The van der Waals surface area contributed by atoms with Gasteiger partial charge in [-0.15, -0.1) is 5.10 Å². The SMILES string of the molecule is CC1CN(C(=O)Cn2cnc3c(nnn3C)c2=O)CC(C)O1. The van der Waals surface area contributed by atoms with Gasteiger partial charge in [-0.1, -0.05) is 5.21 Å². The van der Waals surface area contributed by atoms with Crippen molar-refractivity contribution in [2.24, 2.45) is 7.05 Å². The van der Waals surface area contributed by atoms with E-state index in [9.17, 15) is 9.59 Å². The fraction of sp³-hybridized carbons (Fsp3) is 0.615. The van der Waals surface area contributed by atoms with Crippen molar-refractivity contribution in [3.8, 4) is 0 Å². The molecule has 9 heteroatoms. The van der Waals surface area contributed by atoms with Crippen molar-refractivity contribution < 1.29 is 9.53 Å². The van der Waals surface area contributed by atoms with Gasteiger partial charge in [0.25, 0.3) is 5.56 Å². The Hall–Kier alpha value is -2.29. The predicted molar refractivity (Wildman–Crippen MR) is 77.2 cm³/mol. The van der Waals surface area contributed by atoms with Crippen molar-refractivity contribution in [2.45, 2.75) is 32.6 Å². The molecule has 0 bridgehead atoms. The number of amides is 1. The molecule has 2 aromatic heterocycles. The number of ether oxygens (including phenoxy) is 1. The first kappa shape index (κ1) is 14.6. The number of rotatable bonds is 2. The Morgan fingerprint density at radius 1 is 1.36 bits per heavy atom. The summed E-state index contributed by atoms with van der Waals surface area (Å²) in [5.74, 6) is -0.130. The van der Waals surface area contributed by atoms with Gasteiger partial charge in [-0.25, -0.2) is 9.67 Å². The van der Waals surface area contributed by atoms with E-state index in [2.05, 4.69) is 15.3 Å². The highest BCUT2D eigenvalue weighted by Gasteiger charge is 2.26. The molecule has 0 spiro atoms. The molecule has 2 aromatic rings. The Bertz CT molecular complexity index is 757. The van der Waals surface area contributed by atoms with Crippen LogP contribution in [0.2, 0.25) is 0 Å². The van der Waals surface area contributed by atoms with Crippen molar-refractivity contribution in [3.63, 3.8) is 0 Å². The first-order chi connectivity index (χ1) is 10.5. The molecule has 2 unspecified atom stereocenters. The van der Waals surface area contributed by atoms with E-state index in [1.165, 1.54) is 15.6 Å². The standard InChI is InChI=1S/C13H18N6O3/c1-8-4-18(5-9(2)22-8)10(20)6-19-7-14-12-11(13(19)21)15-16-17(12)3/h7-9H,4-6H2,1-3H3. The molecule has 1 amide bonds. The fourth-order valence-corrected chi connectivity index (χ4v) is 2.69. The number of aromatic nitrogens is 5. The van der Waals surface area contributed by atoms with Crippen LogP contribution >= 0.6 is 0 Å². The summed E-state index contributed by atoms with van der Waals surface area (Å²) in [7, 11) is 1.66. The molecule has 0 N–H and O–H groups in total. The lowest BCUT2D eigenvalue weighted by Gasteiger charge is -2.35. The number of carbonyl (C=O) groups is 1. The van der Waals surface area contributed by atoms with Crippen LogP contribution in [0.25, 0.3) is 11.2 Å². The van der Waals surface area contributed by atoms with Gasteiger partial charge >= 0.3 is 0 Å². The summed E-state index contributed by atoms with van der Waals surface area (Å²) < 4.78 is 8.30. The van der Waals surface area contributed by atoms with Crippen molar-refractivity contribution >= 4 is 17.1 Å². The molecule has 9 nitrogen and oxygen atoms in total. The lowest BCUT2D eigenvalue weighted by molar-refractivity contribution is -0.143. The highest BCUT2D eigenvalue weighted by Crippen LogP contribution is 2.11. The zero-order chi connectivity index (χ0) is 15.9. The molecule has 0 aromatic carbocycles. The van der Waals surface area contributed by atoms with Crippen molar-refractivity contribution in [3.05, 3.63) is 16.7 Å². The number of aryl methyl sites for hydroxylation is 1. The number of hydrogen-bond donors (Lipinski definition) is 0. The lowest BCUT2D eigenvalue weighted by atomic mass is 10.2. The van der Waals surface area contributed by atoms with E-state index in [-0.39, 0.29) is 35.7 Å². The van der Waals surface area contributed by atoms with Crippen LogP contribution in [0.5, 0.6) is 0 Å². The Labute approximate surface area is 126 Å². The van der Waals surface area contributed by atoms with Gasteiger partial charge in [-0.2, -0.15) is 0 Å². The summed E-state index contributed by atoms with van der Waals surface area (Å²) in [5, 5.41) is 7.56. The monoisotopic (exact) mass is 306 g/mol. The van der Waals surface area contributed by atoms with Gasteiger partial charge in [0.15, 0.2) is 11.2 Å². The molecule has 0 aliphatic carbocycles. The summed E-state index contributed by atoms with van der Waals surface area (Å²) in [6.45, 7) is 4.85. The zero-order valence-corrected chi connectivity index (χ0v) is 12.8. The molecule has 1 aliphatic heterocycles. The number of carbonyl (C=O) groups excluding carboxylic acids is 1. The molecule has 1 saturated heterocycles. The smallest absolute Gasteiger partial charge is 0.283 e. The van der Waals surface area contributed by atoms with Crippen molar-refractivity contribution in [2.75, 3.05) is 13.1 Å². The topological polar surface area (TPSA) is 95.1 Å². The van der Waals surface area contributed by atoms with Crippen LogP contribution in [0.4, 0.5) is 0 Å². The lowest BCUT2D eigenvalue weighted by Crippen LogP contribution is -2.49. The first-order valence-electron chi connectivity index (χ1n) is 7.13. The molecule has 118 valence electrons. The zero-order valence-electron chi connectivity index (χ0n) is 12.8. The van der Waals surface area contributed by atoms with E-state index in [0.29, 0.717) is 18.7 Å². The largest absolute Gasteiger partial charge is 0.372 e. The highest BCUT2D eigenvalue weighted by atomic mass is 16.5. The molecule has 1 fully saturated rings. The third-order valence-corrected chi connectivity index (χ3v) is 3.66. The molecule has 0 radical (unpaired) electrons. The van der Waals surface area contributed by atoms with Crippen LogP contribution in [0.3, 0.4) is 0 Å². The van der Waals surface area contributed by atoms with E-state index >= 15 is 0 Å². The van der Waals surface area contributed by atoms with Gasteiger partial charge in [-0.05, 0) is 13.8 Å². The summed E-state index contributed by atoms with van der Waals surface area (Å²) in [6, 6.07) is 0. The van der Waals surface area contributed by atoms with Gasteiger partial charge in [-0.3, -0.25) is 14.2 Å². The molecule has 2 atom stereocenters. The van der Waals surface area contributed by atoms with Gasteiger partial charge in [0.1, 0.15) is 12.9 Å². The van der Waals surface area contributed by atoms with Crippen LogP contribution in [0.1, 0.15) is 13.8 Å². The van der Waals surface area contributed by atoms with Crippen molar-refractivity contribution in [1.82, 2.24) is 29.4 Å². The van der Waals surface area contributed by atoms with Gasteiger partial charge in [0.2, 0.25) is 5.91 Å². The minimum Gasteiger partial charge on any atom is -0.372 e. The normalized spacial score (nSPS) is 22.2. The Morgan fingerprint density at radius 2 is 2.05 bits per heavy atom. The highest BCUT2D eigenvalue weighted by molar-refractivity contribution is 5.76. The second-order valence-corrected chi connectivity index (χ2v) is 5.62. The molecule has 3 rings (SSSR count). The summed E-state index contributed by atoms with van der Waals surface area (Å²) in [4.78, 5) is 30.5. The van der Waals surface area contributed by atoms with Crippen LogP contribution < -0.4 is 5.56 Å². The Kier molecular flexibility index (Phi) is 3.65. The van der Waals surface area contributed by atoms with Gasteiger partial charge < -0.3 is 9.64 Å². The van der Waals surface area contributed by atoms with E-state index in [1.807, 2.05) is 13.8 Å². The molecular formula is C13H18N6O3. The molecule has 0 saturated carbocycles. The van der Waals surface area contributed by atoms with Crippen LogP contribution in [-0.4, -0.2) is 60.6 Å². The number of hydrogen-bond acceptors (Lipinski definition) is 6. The maximum absolute atomic E-state index is 12.4. The molecule has 1 aliphatic rings. The summed E-state index contributed by atoms with van der Waals surface area (Å²) in [6.07, 6.45) is 1.34. The molecule has 3 heterocycles. The summed E-state index contributed by atoms with van der Waals surface area (Å²) >= 11 is 0. The Morgan fingerprint density at radius 3 is 2.73 bits per heavy atom. The van der Waals surface area contributed by atoms with Crippen LogP contribution in [-0.2, 0) is 23.1 Å². The van der Waals surface area contributed by atoms with E-state index in [4.69, 9.17) is 4.74 Å². The van der Waals surface area contributed by atoms with E-state index in [1.54, 1.807) is 11.9 Å². The third kappa shape index (κ3) is 2.59. The fourth-order valence-electron chi connectivity index (χ4n) is 2.69. The predicted octanol–water partition coefficient (Wildman–Crippen LogP) is -0.839. The minimum absolute atomic E-state index is 0.00924. The van der Waals surface area contributed by atoms with Gasteiger partial charge in [0.05, 0.1) is 12.2 Å². The number of fused-ring (bicyclic) bond motifs is 1. The average Bonchev–Trinajstić information content (AvgIpc) is 2.83. The number of nitrogens with zero attached hydrogens (tertiary/aromatic N) is 6. The second kappa shape index (κ2) is 5.48. The van der Waals surface area contributed by atoms with Gasteiger partial charge in [0, 0.05) is 20.1 Å². The van der Waals surface area contributed by atoms with Crippen LogP contribution in [0.15, 0.2) is 11.1 Å². The maximum Gasteiger partial charge on any atom is 0.283 e. The average molecular weight is 306 g/mol. The van der Waals surface area contributed by atoms with Crippen molar-refractivity contribution in [1.29, 1.82) is 0 Å². The first-order valence-corrected chi connectivity index (χ1v) is 7.13. The third-order valence-electron chi connectivity index (χ3n) is 3.66. The quantitative estimate of drug-likeness (QED) is 0.718. The molecular weight excluding hydrogens is 288 g/mol. The summed E-state index contributed by atoms with van der Waals surface area (Å²) in [5.41, 5.74) is 0.213. The maximum atomic E-state index is 12.4.